The minimum Gasteiger partial charge on any atom is -0.223 e. The molecule has 0 saturated carbocycles. The molecule has 1 heterocycles. The van der Waals surface area contributed by atoms with Gasteiger partial charge in [-0.3, -0.25) is 0 Å². The lowest BCUT2D eigenvalue weighted by Crippen LogP contribution is -2.15. The fraction of sp³-hybridized carbons (Fsp3) is 0.167. The van der Waals surface area contributed by atoms with Crippen LogP contribution in [0.4, 0.5) is 8.78 Å². The number of sulfonamides is 1. The summed E-state index contributed by atoms with van der Waals surface area (Å²) in [5.41, 5.74) is -0.559. The molecule has 0 spiro atoms. The van der Waals surface area contributed by atoms with Gasteiger partial charge >= 0.3 is 0 Å². The Bertz CT molecular complexity index is 494. The number of hydrogen-bond acceptors (Lipinski definition) is 3. The van der Waals surface area contributed by atoms with E-state index >= 15 is 0 Å². The van der Waals surface area contributed by atoms with Crippen LogP contribution in [0.15, 0.2) is 15.6 Å². The number of nitrogens with two attached hydrogens (primary N) is 1. The van der Waals surface area contributed by atoms with Gasteiger partial charge in [-0.1, -0.05) is 11.6 Å². The first-order valence-corrected chi connectivity index (χ1v) is 6.12. The highest BCUT2D eigenvalue weighted by Gasteiger charge is 2.21. The first-order valence-electron chi connectivity index (χ1n) is 3.40. The molecule has 4 nitrogen and oxygen atoms in total. The van der Waals surface area contributed by atoms with Gasteiger partial charge < -0.3 is 0 Å². The number of alkyl halides is 2. The van der Waals surface area contributed by atoms with Crippen molar-refractivity contribution >= 4 is 37.6 Å². The van der Waals surface area contributed by atoms with Crippen LogP contribution >= 0.6 is 27.5 Å². The summed E-state index contributed by atoms with van der Waals surface area (Å²) in [5, 5.41) is 3.63. The molecule has 84 valence electrons. The van der Waals surface area contributed by atoms with Crippen molar-refractivity contribution in [2.45, 2.75) is 11.5 Å². The number of primary sulfonamides is 1. The van der Waals surface area contributed by atoms with E-state index in [9.17, 15) is 17.2 Å². The van der Waals surface area contributed by atoms with Crippen LogP contribution in [-0.4, -0.2) is 13.4 Å². The molecule has 0 aliphatic rings. The molecule has 0 bridgehead atoms. The molecule has 1 rings (SSSR count). The Morgan fingerprint density at radius 3 is 2.47 bits per heavy atom. The van der Waals surface area contributed by atoms with Crippen molar-refractivity contribution in [2.75, 3.05) is 0 Å². The van der Waals surface area contributed by atoms with E-state index < -0.39 is 32.2 Å². The average Bonchev–Trinajstić information content (AvgIpc) is 2.06. The van der Waals surface area contributed by atoms with E-state index in [1.807, 2.05) is 0 Å². The second kappa shape index (κ2) is 4.28. The van der Waals surface area contributed by atoms with E-state index in [-0.39, 0.29) is 4.47 Å². The van der Waals surface area contributed by atoms with Crippen LogP contribution in [0.2, 0.25) is 5.15 Å². The summed E-state index contributed by atoms with van der Waals surface area (Å²) in [6.45, 7) is 0. The van der Waals surface area contributed by atoms with Crippen LogP contribution in [-0.2, 0) is 10.0 Å². The van der Waals surface area contributed by atoms with Gasteiger partial charge in [0.1, 0.15) is 5.15 Å². The molecule has 0 atom stereocenters. The van der Waals surface area contributed by atoms with Crippen LogP contribution in [0.3, 0.4) is 0 Å². The molecule has 9 heteroatoms. The van der Waals surface area contributed by atoms with E-state index in [0.717, 1.165) is 6.07 Å². The zero-order valence-corrected chi connectivity index (χ0v) is 10.1. The molecule has 0 fully saturated rings. The third kappa shape index (κ3) is 2.83. The van der Waals surface area contributed by atoms with Crippen molar-refractivity contribution in [1.29, 1.82) is 0 Å². The van der Waals surface area contributed by atoms with Crippen molar-refractivity contribution < 1.29 is 17.2 Å². The zero-order chi connectivity index (χ0) is 11.8. The smallest absolute Gasteiger partial charge is 0.223 e. The number of hydrogen-bond donors (Lipinski definition) is 1. The molecular formula is C6H4BrClF2N2O2S. The summed E-state index contributed by atoms with van der Waals surface area (Å²) >= 11 is 8.14. The molecule has 0 saturated heterocycles. The summed E-state index contributed by atoms with van der Waals surface area (Å²) in [5.74, 6) is 0. The third-order valence-corrected chi connectivity index (χ3v) is 3.45. The maximum absolute atomic E-state index is 12.3. The summed E-state index contributed by atoms with van der Waals surface area (Å²) in [4.78, 5) is 3.29. The number of halogens is 4. The van der Waals surface area contributed by atoms with Crippen molar-refractivity contribution in [2.24, 2.45) is 5.14 Å². The van der Waals surface area contributed by atoms with Gasteiger partial charge in [0.15, 0.2) is 5.03 Å². The number of rotatable bonds is 2. The lowest BCUT2D eigenvalue weighted by molar-refractivity contribution is 0.151. The van der Waals surface area contributed by atoms with Gasteiger partial charge in [0.05, 0.1) is 10.0 Å². The number of pyridine rings is 1. The first kappa shape index (κ1) is 12.8. The van der Waals surface area contributed by atoms with Gasteiger partial charge in [-0.05, 0) is 22.0 Å². The molecule has 0 radical (unpaired) electrons. The predicted molar refractivity (Wildman–Crippen MR) is 53.3 cm³/mol. The summed E-state index contributed by atoms with van der Waals surface area (Å²) < 4.78 is 46.3. The lowest BCUT2D eigenvalue weighted by Gasteiger charge is -2.06. The largest absolute Gasteiger partial charge is 0.266 e. The Morgan fingerprint density at radius 2 is 2.07 bits per heavy atom. The van der Waals surface area contributed by atoms with E-state index in [1.54, 1.807) is 0 Å². The monoisotopic (exact) mass is 320 g/mol. The minimum atomic E-state index is -4.09. The predicted octanol–water partition coefficient (Wildman–Crippen LogP) is 2.08. The topological polar surface area (TPSA) is 73.1 Å². The molecule has 0 unspecified atom stereocenters. The van der Waals surface area contributed by atoms with Gasteiger partial charge in [-0.2, -0.15) is 0 Å². The fourth-order valence-corrected chi connectivity index (χ4v) is 2.65. The Labute approximate surface area is 97.6 Å². The van der Waals surface area contributed by atoms with Crippen molar-refractivity contribution in [3.05, 3.63) is 21.3 Å². The van der Waals surface area contributed by atoms with E-state index in [1.165, 1.54) is 0 Å². The molecule has 0 amide bonds. The van der Waals surface area contributed by atoms with Gasteiger partial charge in [0.2, 0.25) is 0 Å². The molecule has 2 N–H and O–H groups in total. The maximum atomic E-state index is 12.3. The Hall–Kier alpha value is -0.310. The third-order valence-electron chi connectivity index (χ3n) is 1.43. The zero-order valence-electron chi connectivity index (χ0n) is 6.92. The molecule has 0 aliphatic carbocycles. The highest BCUT2D eigenvalue weighted by Crippen LogP contribution is 2.31. The van der Waals surface area contributed by atoms with Crippen molar-refractivity contribution in [1.82, 2.24) is 4.98 Å². The Kier molecular flexibility index (Phi) is 3.64. The van der Waals surface area contributed by atoms with Crippen LogP contribution in [0.1, 0.15) is 12.0 Å². The summed E-state index contributed by atoms with van der Waals surface area (Å²) in [7, 11) is -4.09. The minimum absolute atomic E-state index is 0.148. The van der Waals surface area contributed by atoms with Gasteiger partial charge in [-0.25, -0.2) is 27.3 Å². The molecule has 0 aliphatic heterocycles. The van der Waals surface area contributed by atoms with Crippen LogP contribution < -0.4 is 5.14 Å². The molecule has 0 aromatic carbocycles. The highest BCUT2D eigenvalue weighted by molar-refractivity contribution is 9.10. The second-order valence-corrected chi connectivity index (χ2v) is 5.19. The van der Waals surface area contributed by atoms with Crippen LogP contribution in [0.25, 0.3) is 0 Å². The SMILES string of the molecule is NS(=O)(=O)c1nc(Cl)c(C(F)F)cc1Br. The average molecular weight is 322 g/mol. The molecule has 1 aromatic rings. The second-order valence-electron chi connectivity index (χ2n) is 2.50. The standard InChI is InChI=1S/C6H4BrClF2N2O2S/c7-3-1-2(5(9)10)4(8)12-6(3)15(11,13)14/h1,5H,(H2,11,13,14). The van der Waals surface area contributed by atoms with E-state index in [4.69, 9.17) is 16.7 Å². The molecular weight excluding hydrogens is 317 g/mol. The maximum Gasteiger partial charge on any atom is 0.266 e. The quantitative estimate of drug-likeness (QED) is 0.848. The van der Waals surface area contributed by atoms with Crippen LogP contribution in [0.5, 0.6) is 0 Å². The summed E-state index contributed by atoms with van der Waals surface area (Å²) in [6.07, 6.45) is -2.84. The number of aromatic nitrogens is 1. The fourth-order valence-electron chi connectivity index (χ4n) is 0.817. The van der Waals surface area contributed by atoms with Gasteiger partial charge in [-0.15, -0.1) is 0 Å². The Morgan fingerprint density at radius 1 is 1.53 bits per heavy atom. The van der Waals surface area contributed by atoms with Crippen LogP contribution in [0, 0.1) is 0 Å². The van der Waals surface area contributed by atoms with Gasteiger partial charge in [0, 0.05) is 0 Å². The van der Waals surface area contributed by atoms with E-state index in [0.29, 0.717) is 0 Å². The van der Waals surface area contributed by atoms with Crippen molar-refractivity contribution in [3.8, 4) is 0 Å². The molecule has 1 aromatic heterocycles. The highest BCUT2D eigenvalue weighted by atomic mass is 79.9. The number of nitrogens with zero attached hydrogens (tertiary/aromatic N) is 1. The van der Waals surface area contributed by atoms with Crippen molar-refractivity contribution in [3.63, 3.8) is 0 Å². The molecule has 15 heavy (non-hydrogen) atoms. The first-order chi connectivity index (χ1) is 6.73. The lowest BCUT2D eigenvalue weighted by atomic mass is 10.3. The normalized spacial score (nSPS) is 12.1. The Balaban J connectivity index is 3.46. The van der Waals surface area contributed by atoms with Gasteiger partial charge in [0.25, 0.3) is 16.4 Å². The summed E-state index contributed by atoms with van der Waals surface area (Å²) in [6, 6.07) is 0.875. The van der Waals surface area contributed by atoms with E-state index in [2.05, 4.69) is 20.9 Å².